The molecule has 1 rings (SSSR count). The van der Waals surface area contributed by atoms with Gasteiger partial charge in [0.15, 0.2) is 0 Å². The standard InChI is InChI=1S/C12H24N2S/c1-10(2)7-8-14(9-12(13)15)11-5-3-4-6-11/h10-11H,3-9H2,1-2H3,(H2,13,15). The highest BCUT2D eigenvalue weighted by Gasteiger charge is 2.22. The third-order valence-electron chi connectivity index (χ3n) is 3.19. The molecule has 0 unspecified atom stereocenters. The Kier molecular flexibility index (Phi) is 5.54. The lowest BCUT2D eigenvalue weighted by molar-refractivity contribution is 0.215. The molecule has 1 aliphatic rings. The molecule has 0 bridgehead atoms. The summed E-state index contributed by atoms with van der Waals surface area (Å²) in [5.74, 6) is 0.764. The van der Waals surface area contributed by atoms with Gasteiger partial charge in [0.2, 0.25) is 0 Å². The Labute approximate surface area is 99.2 Å². The topological polar surface area (TPSA) is 29.3 Å². The van der Waals surface area contributed by atoms with Gasteiger partial charge in [-0.25, -0.2) is 0 Å². The van der Waals surface area contributed by atoms with Gasteiger partial charge >= 0.3 is 0 Å². The van der Waals surface area contributed by atoms with Crippen LogP contribution in [0.5, 0.6) is 0 Å². The summed E-state index contributed by atoms with van der Waals surface area (Å²) in [6, 6.07) is 0.741. The molecule has 0 radical (unpaired) electrons. The van der Waals surface area contributed by atoms with Crippen molar-refractivity contribution in [3.63, 3.8) is 0 Å². The van der Waals surface area contributed by atoms with Gasteiger partial charge in [-0.05, 0) is 31.7 Å². The van der Waals surface area contributed by atoms with Crippen molar-refractivity contribution in [3.8, 4) is 0 Å². The third-order valence-corrected chi connectivity index (χ3v) is 3.32. The number of nitrogens with zero attached hydrogens (tertiary/aromatic N) is 1. The normalized spacial score (nSPS) is 17.9. The minimum Gasteiger partial charge on any atom is -0.392 e. The number of rotatable bonds is 6. The van der Waals surface area contributed by atoms with E-state index in [1.54, 1.807) is 0 Å². The highest BCUT2D eigenvalue weighted by Crippen LogP contribution is 2.23. The first-order chi connectivity index (χ1) is 7.09. The van der Waals surface area contributed by atoms with E-state index in [2.05, 4.69) is 18.7 Å². The molecule has 1 saturated carbocycles. The van der Waals surface area contributed by atoms with Gasteiger partial charge < -0.3 is 5.73 Å². The summed E-state index contributed by atoms with van der Waals surface area (Å²) < 4.78 is 0. The molecule has 0 heterocycles. The van der Waals surface area contributed by atoms with Gasteiger partial charge in [0, 0.05) is 12.6 Å². The molecule has 0 aliphatic heterocycles. The maximum Gasteiger partial charge on any atom is 0.0870 e. The number of hydrogen-bond donors (Lipinski definition) is 1. The van der Waals surface area contributed by atoms with E-state index < -0.39 is 0 Å². The quantitative estimate of drug-likeness (QED) is 0.709. The highest BCUT2D eigenvalue weighted by atomic mass is 32.1. The van der Waals surface area contributed by atoms with Crippen molar-refractivity contribution in [2.45, 2.75) is 52.0 Å². The smallest absolute Gasteiger partial charge is 0.0870 e. The molecule has 1 aliphatic carbocycles. The summed E-state index contributed by atoms with van der Waals surface area (Å²) >= 11 is 5.02. The third kappa shape index (κ3) is 4.94. The Morgan fingerprint density at radius 3 is 2.47 bits per heavy atom. The summed E-state index contributed by atoms with van der Waals surface area (Å²) in [6.45, 7) is 6.51. The van der Waals surface area contributed by atoms with Crippen molar-refractivity contribution in [2.75, 3.05) is 13.1 Å². The van der Waals surface area contributed by atoms with Crippen LogP contribution in [0.2, 0.25) is 0 Å². The summed E-state index contributed by atoms with van der Waals surface area (Å²) in [4.78, 5) is 3.14. The van der Waals surface area contributed by atoms with E-state index in [1.807, 2.05) is 0 Å². The molecule has 0 aromatic heterocycles. The summed E-state index contributed by atoms with van der Waals surface area (Å²) in [5, 5.41) is 0. The molecule has 2 nitrogen and oxygen atoms in total. The summed E-state index contributed by atoms with van der Waals surface area (Å²) in [5.41, 5.74) is 5.66. The molecule has 15 heavy (non-hydrogen) atoms. The first kappa shape index (κ1) is 12.9. The lowest BCUT2D eigenvalue weighted by atomic mass is 10.1. The van der Waals surface area contributed by atoms with Crippen molar-refractivity contribution >= 4 is 17.2 Å². The van der Waals surface area contributed by atoms with Crippen LogP contribution in [0.1, 0.15) is 46.0 Å². The average molecular weight is 228 g/mol. The van der Waals surface area contributed by atoms with E-state index in [9.17, 15) is 0 Å². The molecule has 0 amide bonds. The molecule has 0 aromatic carbocycles. The SMILES string of the molecule is CC(C)CCN(CC(N)=S)C1CCCC1. The Morgan fingerprint density at radius 2 is 2.00 bits per heavy atom. The molecular formula is C12H24N2S. The maximum atomic E-state index is 5.66. The predicted molar refractivity (Wildman–Crippen MR) is 70.1 cm³/mol. The lowest BCUT2D eigenvalue weighted by Crippen LogP contribution is -2.40. The van der Waals surface area contributed by atoms with E-state index in [1.165, 1.54) is 32.1 Å². The highest BCUT2D eigenvalue weighted by molar-refractivity contribution is 7.80. The van der Waals surface area contributed by atoms with Crippen LogP contribution >= 0.6 is 12.2 Å². The fourth-order valence-corrected chi connectivity index (χ4v) is 2.45. The largest absolute Gasteiger partial charge is 0.392 e. The minimum atomic E-state index is 0.644. The number of hydrogen-bond acceptors (Lipinski definition) is 2. The van der Waals surface area contributed by atoms with Crippen LogP contribution in [0.4, 0.5) is 0 Å². The summed E-state index contributed by atoms with van der Waals surface area (Å²) in [6.07, 6.45) is 6.67. The zero-order chi connectivity index (χ0) is 11.3. The van der Waals surface area contributed by atoms with Crippen molar-refractivity contribution in [1.82, 2.24) is 4.90 Å². The van der Waals surface area contributed by atoms with Gasteiger partial charge in [-0.15, -0.1) is 0 Å². The second-order valence-corrected chi connectivity index (χ2v) is 5.58. The molecule has 0 aromatic rings. The fraction of sp³-hybridized carbons (Fsp3) is 0.917. The van der Waals surface area contributed by atoms with Crippen molar-refractivity contribution < 1.29 is 0 Å². The van der Waals surface area contributed by atoms with Gasteiger partial charge in [0.1, 0.15) is 0 Å². The zero-order valence-electron chi connectivity index (χ0n) is 10.0. The van der Waals surface area contributed by atoms with Gasteiger partial charge in [-0.3, -0.25) is 4.90 Å². The van der Waals surface area contributed by atoms with Crippen LogP contribution in [-0.4, -0.2) is 29.0 Å². The predicted octanol–water partition coefficient (Wildman–Crippen LogP) is 2.56. The molecule has 0 saturated heterocycles. The Bertz CT molecular complexity index is 198. The average Bonchev–Trinajstić information content (AvgIpc) is 2.63. The Hall–Kier alpha value is -0.150. The van der Waals surface area contributed by atoms with Crippen LogP contribution in [0, 0.1) is 5.92 Å². The monoisotopic (exact) mass is 228 g/mol. The fourth-order valence-electron chi connectivity index (χ4n) is 2.28. The second-order valence-electron chi connectivity index (χ2n) is 5.06. The first-order valence-electron chi connectivity index (χ1n) is 6.12. The number of nitrogens with two attached hydrogens (primary N) is 1. The van der Waals surface area contributed by atoms with Crippen molar-refractivity contribution in [2.24, 2.45) is 11.7 Å². The molecule has 0 spiro atoms. The Morgan fingerprint density at radius 1 is 1.40 bits per heavy atom. The molecule has 88 valence electrons. The molecule has 0 atom stereocenters. The second kappa shape index (κ2) is 6.44. The van der Waals surface area contributed by atoms with Crippen LogP contribution in [-0.2, 0) is 0 Å². The van der Waals surface area contributed by atoms with Crippen LogP contribution in [0.3, 0.4) is 0 Å². The van der Waals surface area contributed by atoms with Crippen molar-refractivity contribution in [3.05, 3.63) is 0 Å². The number of thiocarbonyl (C=S) groups is 1. The van der Waals surface area contributed by atoms with E-state index in [0.717, 1.165) is 25.0 Å². The van der Waals surface area contributed by atoms with Crippen LogP contribution < -0.4 is 5.73 Å². The minimum absolute atomic E-state index is 0.644. The van der Waals surface area contributed by atoms with Crippen molar-refractivity contribution in [1.29, 1.82) is 0 Å². The van der Waals surface area contributed by atoms with Gasteiger partial charge in [-0.2, -0.15) is 0 Å². The summed E-state index contributed by atoms with van der Waals surface area (Å²) in [7, 11) is 0. The molecule has 1 fully saturated rings. The molecule has 3 heteroatoms. The van der Waals surface area contributed by atoms with E-state index >= 15 is 0 Å². The van der Waals surface area contributed by atoms with E-state index in [4.69, 9.17) is 18.0 Å². The van der Waals surface area contributed by atoms with E-state index in [0.29, 0.717) is 4.99 Å². The van der Waals surface area contributed by atoms with Crippen LogP contribution in [0.15, 0.2) is 0 Å². The molecular weight excluding hydrogens is 204 g/mol. The lowest BCUT2D eigenvalue weighted by Gasteiger charge is -2.28. The molecule has 2 N–H and O–H groups in total. The van der Waals surface area contributed by atoms with Gasteiger partial charge in [0.25, 0.3) is 0 Å². The Balaban J connectivity index is 2.40. The maximum absolute atomic E-state index is 5.66. The van der Waals surface area contributed by atoms with Gasteiger partial charge in [-0.1, -0.05) is 38.9 Å². The van der Waals surface area contributed by atoms with Gasteiger partial charge in [0.05, 0.1) is 4.99 Å². The zero-order valence-corrected chi connectivity index (χ0v) is 10.9. The first-order valence-corrected chi connectivity index (χ1v) is 6.52. The van der Waals surface area contributed by atoms with Crippen LogP contribution in [0.25, 0.3) is 0 Å². The van der Waals surface area contributed by atoms with E-state index in [-0.39, 0.29) is 0 Å².